The van der Waals surface area contributed by atoms with Gasteiger partial charge in [0.1, 0.15) is 5.82 Å². The molecule has 26 heavy (non-hydrogen) atoms. The molecule has 0 radical (unpaired) electrons. The molecule has 138 valence electrons. The fourth-order valence-corrected chi connectivity index (χ4v) is 3.50. The summed E-state index contributed by atoms with van der Waals surface area (Å²) in [5.74, 6) is 0.0230. The van der Waals surface area contributed by atoms with Crippen molar-refractivity contribution in [3.8, 4) is 0 Å². The fraction of sp³-hybridized carbons (Fsp3) is 0.350. The maximum absolute atomic E-state index is 13.2. The highest BCUT2D eigenvalue weighted by Crippen LogP contribution is 2.22. The summed E-state index contributed by atoms with van der Waals surface area (Å²) in [4.78, 5) is 14.4. The van der Waals surface area contributed by atoms with Crippen LogP contribution in [-0.4, -0.2) is 30.6 Å². The van der Waals surface area contributed by atoms with E-state index in [1.54, 1.807) is 12.1 Å². The van der Waals surface area contributed by atoms with Crippen LogP contribution in [0.15, 0.2) is 48.5 Å². The van der Waals surface area contributed by atoms with Crippen LogP contribution >= 0.6 is 11.6 Å². The van der Waals surface area contributed by atoms with Gasteiger partial charge >= 0.3 is 6.03 Å². The number of anilines is 1. The van der Waals surface area contributed by atoms with E-state index in [2.05, 4.69) is 21.6 Å². The van der Waals surface area contributed by atoms with Crippen LogP contribution in [0.5, 0.6) is 0 Å². The van der Waals surface area contributed by atoms with E-state index in [-0.39, 0.29) is 11.8 Å². The third-order valence-electron chi connectivity index (χ3n) is 4.59. The zero-order valence-electron chi connectivity index (χ0n) is 14.6. The number of hydrogen-bond acceptors (Lipinski definition) is 2. The number of carbonyl (C=O) groups excluding carboxylic acids is 1. The number of amides is 2. The predicted molar refractivity (Wildman–Crippen MR) is 103 cm³/mol. The van der Waals surface area contributed by atoms with E-state index in [0.29, 0.717) is 18.2 Å². The van der Waals surface area contributed by atoms with Crippen molar-refractivity contribution in [1.29, 1.82) is 0 Å². The summed E-state index contributed by atoms with van der Waals surface area (Å²) in [6.07, 6.45) is 2.18. The molecule has 1 fully saturated rings. The Labute approximate surface area is 158 Å². The molecule has 0 spiro atoms. The summed E-state index contributed by atoms with van der Waals surface area (Å²) < 4.78 is 13.2. The molecular weight excluding hydrogens is 353 g/mol. The maximum atomic E-state index is 13.2. The van der Waals surface area contributed by atoms with E-state index in [9.17, 15) is 9.18 Å². The third-order valence-corrected chi connectivity index (χ3v) is 4.96. The van der Waals surface area contributed by atoms with Crippen molar-refractivity contribution >= 4 is 23.3 Å². The standard InChI is InChI=1S/C20H23ClFN3O/c21-19-9-2-1-6-16(19)14-25-10-4-5-15(13-25)12-23-20(26)24-18-8-3-7-17(22)11-18/h1-3,6-9,11,15H,4-5,10,12-14H2,(H2,23,24,26). The van der Waals surface area contributed by atoms with Crippen LogP contribution in [0.1, 0.15) is 18.4 Å². The summed E-state index contributed by atoms with van der Waals surface area (Å²) in [5, 5.41) is 6.34. The average molecular weight is 376 g/mol. The van der Waals surface area contributed by atoms with E-state index < -0.39 is 0 Å². The Morgan fingerprint density at radius 2 is 2.08 bits per heavy atom. The monoisotopic (exact) mass is 375 g/mol. The molecule has 2 aromatic carbocycles. The first kappa shape index (κ1) is 18.7. The fourth-order valence-electron chi connectivity index (χ4n) is 3.31. The molecule has 1 heterocycles. The van der Waals surface area contributed by atoms with Gasteiger partial charge in [-0.05, 0) is 55.1 Å². The van der Waals surface area contributed by atoms with Crippen molar-refractivity contribution in [2.24, 2.45) is 5.92 Å². The van der Waals surface area contributed by atoms with Crippen LogP contribution in [0, 0.1) is 11.7 Å². The number of benzene rings is 2. The summed E-state index contributed by atoms with van der Waals surface area (Å²) in [6, 6.07) is 13.5. The molecule has 1 aliphatic heterocycles. The zero-order valence-corrected chi connectivity index (χ0v) is 15.3. The smallest absolute Gasteiger partial charge is 0.319 e. The van der Waals surface area contributed by atoms with Gasteiger partial charge in [-0.1, -0.05) is 35.9 Å². The summed E-state index contributed by atoms with van der Waals surface area (Å²) in [5.41, 5.74) is 1.58. The van der Waals surface area contributed by atoms with Gasteiger partial charge in [-0.25, -0.2) is 9.18 Å². The summed E-state index contributed by atoms with van der Waals surface area (Å²) in [7, 11) is 0. The Balaban J connectivity index is 1.46. The van der Waals surface area contributed by atoms with Crippen molar-refractivity contribution in [1.82, 2.24) is 10.2 Å². The number of rotatable bonds is 5. The van der Waals surface area contributed by atoms with Gasteiger partial charge in [-0.15, -0.1) is 0 Å². The third kappa shape index (κ3) is 5.44. The molecule has 2 N–H and O–H groups in total. The Bertz CT molecular complexity index is 755. The number of nitrogens with one attached hydrogen (secondary N) is 2. The molecule has 0 saturated carbocycles. The molecule has 0 bridgehead atoms. The average Bonchev–Trinajstić information content (AvgIpc) is 2.62. The van der Waals surface area contributed by atoms with Gasteiger partial charge < -0.3 is 10.6 Å². The van der Waals surface area contributed by atoms with Crippen LogP contribution in [0.3, 0.4) is 0 Å². The van der Waals surface area contributed by atoms with Crippen molar-refractivity contribution in [2.75, 3.05) is 25.0 Å². The van der Waals surface area contributed by atoms with E-state index >= 15 is 0 Å². The molecule has 1 aliphatic rings. The van der Waals surface area contributed by atoms with Crippen LogP contribution < -0.4 is 10.6 Å². The van der Waals surface area contributed by atoms with Gasteiger partial charge in [0.25, 0.3) is 0 Å². The molecule has 0 aliphatic carbocycles. The minimum absolute atomic E-state index is 0.307. The number of urea groups is 1. The van der Waals surface area contributed by atoms with Gasteiger partial charge in [0, 0.05) is 30.3 Å². The summed E-state index contributed by atoms with van der Waals surface area (Å²) >= 11 is 6.25. The van der Waals surface area contributed by atoms with Crippen molar-refractivity contribution < 1.29 is 9.18 Å². The highest BCUT2D eigenvalue weighted by Gasteiger charge is 2.21. The first-order chi connectivity index (χ1) is 12.6. The second-order valence-electron chi connectivity index (χ2n) is 6.68. The lowest BCUT2D eigenvalue weighted by Gasteiger charge is -2.33. The lowest BCUT2D eigenvalue weighted by Crippen LogP contribution is -2.41. The van der Waals surface area contributed by atoms with Crippen LogP contribution in [0.25, 0.3) is 0 Å². The van der Waals surface area contributed by atoms with E-state index in [1.165, 1.54) is 12.1 Å². The summed E-state index contributed by atoms with van der Waals surface area (Å²) in [6.45, 7) is 3.38. The quantitative estimate of drug-likeness (QED) is 0.807. The molecular formula is C20H23ClFN3O. The van der Waals surface area contributed by atoms with Crippen molar-refractivity contribution in [2.45, 2.75) is 19.4 Å². The van der Waals surface area contributed by atoms with Gasteiger partial charge in [-0.3, -0.25) is 4.90 Å². The van der Waals surface area contributed by atoms with Gasteiger partial charge in [0.2, 0.25) is 0 Å². The maximum Gasteiger partial charge on any atom is 0.319 e. The minimum atomic E-state index is -0.370. The number of carbonyl (C=O) groups is 1. The number of hydrogen-bond donors (Lipinski definition) is 2. The second-order valence-corrected chi connectivity index (χ2v) is 7.09. The van der Waals surface area contributed by atoms with E-state index in [0.717, 1.165) is 43.1 Å². The molecule has 6 heteroatoms. The normalized spacial score (nSPS) is 17.7. The topological polar surface area (TPSA) is 44.4 Å². The molecule has 2 aromatic rings. The Hall–Kier alpha value is -2.11. The van der Waals surface area contributed by atoms with Gasteiger partial charge in [0.15, 0.2) is 0 Å². The van der Waals surface area contributed by atoms with E-state index in [1.807, 2.05) is 18.2 Å². The molecule has 3 rings (SSSR count). The van der Waals surface area contributed by atoms with Gasteiger partial charge in [0.05, 0.1) is 0 Å². The molecule has 1 atom stereocenters. The molecule has 1 saturated heterocycles. The minimum Gasteiger partial charge on any atom is -0.338 e. The lowest BCUT2D eigenvalue weighted by atomic mass is 9.97. The number of nitrogens with zero attached hydrogens (tertiary/aromatic N) is 1. The number of likely N-dealkylation sites (tertiary alicyclic amines) is 1. The Morgan fingerprint density at radius 1 is 1.23 bits per heavy atom. The SMILES string of the molecule is O=C(NCC1CCCN(Cc2ccccc2Cl)C1)Nc1cccc(F)c1. The van der Waals surface area contributed by atoms with Crippen molar-refractivity contribution in [3.05, 3.63) is 64.9 Å². The van der Waals surface area contributed by atoms with Gasteiger partial charge in [-0.2, -0.15) is 0 Å². The largest absolute Gasteiger partial charge is 0.338 e. The molecule has 4 nitrogen and oxygen atoms in total. The predicted octanol–water partition coefficient (Wildman–Crippen LogP) is 4.51. The second kappa shape index (κ2) is 9.01. The highest BCUT2D eigenvalue weighted by molar-refractivity contribution is 6.31. The van der Waals surface area contributed by atoms with Crippen LogP contribution in [0.4, 0.5) is 14.9 Å². The first-order valence-corrected chi connectivity index (χ1v) is 9.24. The first-order valence-electron chi connectivity index (χ1n) is 8.86. The van der Waals surface area contributed by atoms with Crippen LogP contribution in [0.2, 0.25) is 5.02 Å². The lowest BCUT2D eigenvalue weighted by molar-refractivity contribution is 0.166. The molecule has 2 amide bonds. The molecule has 0 aromatic heterocycles. The highest BCUT2D eigenvalue weighted by atomic mass is 35.5. The number of halogens is 2. The van der Waals surface area contributed by atoms with E-state index in [4.69, 9.17) is 11.6 Å². The van der Waals surface area contributed by atoms with Crippen molar-refractivity contribution in [3.63, 3.8) is 0 Å². The molecule has 1 unspecified atom stereocenters. The Kier molecular flexibility index (Phi) is 6.47. The number of piperidine rings is 1. The van der Waals surface area contributed by atoms with Crippen LogP contribution in [-0.2, 0) is 6.54 Å². The zero-order chi connectivity index (χ0) is 18.4. The Morgan fingerprint density at radius 3 is 2.88 bits per heavy atom.